The van der Waals surface area contributed by atoms with E-state index >= 15 is 0 Å². The Morgan fingerprint density at radius 1 is 1.09 bits per heavy atom. The summed E-state index contributed by atoms with van der Waals surface area (Å²) in [5, 5.41) is 4.51. The number of carbonyl (C=O) groups is 4. The molecule has 0 bridgehead atoms. The van der Waals surface area contributed by atoms with E-state index in [1.165, 1.54) is 13.0 Å². The number of halogens is 4. The number of likely N-dealkylation sites (tertiary alicyclic amines) is 1. The lowest BCUT2D eigenvalue weighted by Crippen LogP contribution is -2.60. The van der Waals surface area contributed by atoms with Crippen LogP contribution in [-0.2, 0) is 33.9 Å². The molecule has 13 nitrogen and oxygen atoms in total. The normalized spacial score (nSPS) is 26.6. The van der Waals surface area contributed by atoms with Crippen LogP contribution in [0.3, 0.4) is 0 Å². The van der Waals surface area contributed by atoms with Crippen molar-refractivity contribution in [3.63, 3.8) is 0 Å². The number of sulfonamides is 1. The molecule has 1 aliphatic heterocycles. The summed E-state index contributed by atoms with van der Waals surface area (Å²) in [6.07, 6.45) is -1.97. The van der Waals surface area contributed by atoms with Crippen LogP contribution in [0, 0.1) is 11.3 Å². The first-order valence-electron chi connectivity index (χ1n) is 17.3. The number of carbonyl (C=O) groups excluding carboxylic acids is 4. The van der Waals surface area contributed by atoms with Crippen LogP contribution in [0.1, 0.15) is 74.1 Å². The van der Waals surface area contributed by atoms with E-state index in [0.29, 0.717) is 12.8 Å². The average molecular weight is 786 g/mol. The highest BCUT2D eigenvalue weighted by molar-refractivity contribution is 7.91. The largest absolute Gasteiger partial charge is 0.492 e. The summed E-state index contributed by atoms with van der Waals surface area (Å²) < 4.78 is 93.1. The lowest BCUT2D eigenvalue weighted by Gasteiger charge is -2.36. The Morgan fingerprint density at radius 3 is 2.24 bits per heavy atom. The Balaban J connectivity index is 1.69. The summed E-state index contributed by atoms with van der Waals surface area (Å²) in [5.41, 5.74) is -5.44. The Morgan fingerprint density at radius 2 is 1.72 bits per heavy atom. The number of aliphatic imine (C=N–C) groups is 1. The van der Waals surface area contributed by atoms with Crippen molar-refractivity contribution in [1.82, 2.24) is 20.3 Å². The molecule has 0 aromatic heterocycles. The van der Waals surface area contributed by atoms with Gasteiger partial charge in [-0.3, -0.25) is 19.1 Å². The molecule has 1 heterocycles. The quantitative estimate of drug-likeness (QED) is 0.152. The lowest BCUT2D eigenvalue weighted by atomic mass is 9.85. The van der Waals surface area contributed by atoms with Gasteiger partial charge in [-0.15, -0.1) is 6.58 Å². The summed E-state index contributed by atoms with van der Waals surface area (Å²) in [5.74, 6) is -4.06. The minimum atomic E-state index is -4.87. The molecular formula is C36H47F4N5O8S. The second-order valence-corrected chi connectivity index (χ2v) is 17.8. The van der Waals surface area contributed by atoms with Crippen molar-refractivity contribution in [2.45, 2.75) is 115 Å². The molecule has 2 saturated carbocycles. The number of alkyl halides is 3. The SMILES string of the molecule is C=CC1CC1(NC(=O)[C@@H]1C[C@@H](O/C(C)=C2\C=C(F)C=CC2=NC(=C)C(F)(F)F)CN1C(=O)[C@@H](NC(=O)OC(C)(C)C)C(C)(C)C)C(=O)NS(=O)(=O)C1CC1. The number of ether oxygens (including phenoxy) is 2. The van der Waals surface area contributed by atoms with Gasteiger partial charge in [0.25, 0.3) is 5.91 Å². The van der Waals surface area contributed by atoms with Gasteiger partial charge in [-0.1, -0.05) is 33.4 Å². The Hall–Kier alpha value is -4.48. The molecule has 2 unspecified atom stereocenters. The molecule has 4 amide bonds. The zero-order valence-corrected chi connectivity index (χ0v) is 32.0. The van der Waals surface area contributed by atoms with Crippen molar-refractivity contribution in [3.8, 4) is 0 Å². The fourth-order valence-corrected chi connectivity index (χ4v) is 7.41. The third kappa shape index (κ3) is 9.98. The topological polar surface area (TPSA) is 173 Å². The predicted molar refractivity (Wildman–Crippen MR) is 191 cm³/mol. The number of alkyl carbamates (subject to hydrolysis) is 1. The first-order valence-corrected chi connectivity index (χ1v) is 18.8. The van der Waals surface area contributed by atoms with Crippen molar-refractivity contribution in [2.24, 2.45) is 16.3 Å². The molecule has 0 spiro atoms. The van der Waals surface area contributed by atoms with Crippen LogP contribution in [0.25, 0.3) is 0 Å². The van der Waals surface area contributed by atoms with Crippen LogP contribution in [0.4, 0.5) is 22.4 Å². The number of nitrogens with one attached hydrogen (secondary N) is 3. The van der Waals surface area contributed by atoms with E-state index in [1.54, 1.807) is 41.5 Å². The third-order valence-electron chi connectivity index (χ3n) is 9.14. The fraction of sp³-hybridized carbons (Fsp3) is 0.583. The molecular weight excluding hydrogens is 738 g/mol. The second kappa shape index (κ2) is 15.0. The van der Waals surface area contributed by atoms with Crippen molar-refractivity contribution in [1.29, 1.82) is 0 Å². The van der Waals surface area contributed by atoms with E-state index < -0.39 is 97.4 Å². The van der Waals surface area contributed by atoms with Gasteiger partial charge in [0, 0.05) is 17.9 Å². The monoisotopic (exact) mass is 785 g/mol. The molecule has 0 radical (unpaired) electrons. The minimum absolute atomic E-state index is 0.0294. The number of hydrogen-bond acceptors (Lipinski definition) is 9. The molecule has 1 saturated heterocycles. The number of nitrogens with zero attached hydrogens (tertiary/aromatic N) is 2. The van der Waals surface area contributed by atoms with Crippen LogP contribution in [0.5, 0.6) is 0 Å². The first kappa shape index (κ1) is 42.3. The Kier molecular flexibility index (Phi) is 11.7. The summed E-state index contributed by atoms with van der Waals surface area (Å²) in [4.78, 5) is 59.5. The van der Waals surface area contributed by atoms with E-state index in [-0.39, 0.29) is 36.4 Å². The molecule has 3 N–H and O–H groups in total. The van der Waals surface area contributed by atoms with E-state index in [9.17, 15) is 45.2 Å². The molecule has 4 rings (SSSR count). The highest BCUT2D eigenvalue weighted by Crippen LogP contribution is 2.45. The highest BCUT2D eigenvalue weighted by Gasteiger charge is 2.62. The van der Waals surface area contributed by atoms with Gasteiger partial charge in [0.1, 0.15) is 46.6 Å². The fourth-order valence-electron chi connectivity index (χ4n) is 6.04. The van der Waals surface area contributed by atoms with E-state index in [0.717, 1.165) is 23.1 Å². The van der Waals surface area contributed by atoms with Crippen molar-refractivity contribution in [3.05, 3.63) is 60.3 Å². The van der Waals surface area contributed by atoms with Gasteiger partial charge in [-0.2, -0.15) is 13.2 Å². The summed E-state index contributed by atoms with van der Waals surface area (Å²) in [6.45, 7) is 17.6. The Bertz CT molecular complexity index is 1840. The van der Waals surface area contributed by atoms with Crippen LogP contribution in [0.2, 0.25) is 0 Å². The van der Waals surface area contributed by atoms with Gasteiger partial charge >= 0.3 is 12.3 Å². The predicted octanol–water partition coefficient (Wildman–Crippen LogP) is 4.80. The Labute approximate surface area is 312 Å². The molecule has 4 aliphatic rings. The number of amides is 4. The maximum Gasteiger partial charge on any atom is 0.432 e. The van der Waals surface area contributed by atoms with Crippen LogP contribution in [0.15, 0.2) is 65.3 Å². The third-order valence-corrected chi connectivity index (χ3v) is 11.0. The maximum atomic E-state index is 14.4. The van der Waals surface area contributed by atoms with Crippen LogP contribution < -0.4 is 15.4 Å². The van der Waals surface area contributed by atoms with Gasteiger partial charge in [0.15, 0.2) is 0 Å². The van der Waals surface area contributed by atoms with Gasteiger partial charge in [-0.25, -0.2) is 22.6 Å². The van der Waals surface area contributed by atoms with E-state index in [4.69, 9.17) is 9.47 Å². The van der Waals surface area contributed by atoms with Crippen molar-refractivity contribution >= 4 is 39.5 Å². The van der Waals surface area contributed by atoms with Crippen molar-refractivity contribution in [2.75, 3.05) is 6.54 Å². The number of hydrogen-bond donors (Lipinski definition) is 3. The summed E-state index contributed by atoms with van der Waals surface area (Å²) in [7, 11) is -3.99. The zero-order chi connectivity index (χ0) is 40.8. The van der Waals surface area contributed by atoms with Gasteiger partial charge < -0.3 is 25.0 Å². The number of allylic oxidation sites excluding steroid dienone is 7. The van der Waals surface area contributed by atoms with Gasteiger partial charge in [0.05, 0.1) is 17.5 Å². The zero-order valence-electron chi connectivity index (χ0n) is 31.2. The average Bonchev–Trinajstić information content (AvgIpc) is 3.95. The molecule has 0 aromatic carbocycles. The van der Waals surface area contributed by atoms with E-state index in [2.05, 4.69) is 33.5 Å². The number of rotatable bonds is 11. The summed E-state index contributed by atoms with van der Waals surface area (Å²) >= 11 is 0. The molecule has 3 aliphatic carbocycles. The van der Waals surface area contributed by atoms with Gasteiger partial charge in [-0.05, 0) is 70.6 Å². The molecule has 54 heavy (non-hydrogen) atoms. The molecule has 5 atom stereocenters. The standard InChI is InChI=1S/C36H47F4N5O8S/c1-10-21-17-35(21,31(48)44-54(50,51)24-12-13-24)43-29(46)27-16-23(18-45(27)30(47)28(33(4,5)6)42-32(49)53-34(7,8)9)52-19(2)25-15-22(37)11-14-26(25)41-20(3)36(38,39)40/h10-11,14-15,21,23-24,27-28H,1,3,12-13,16-18H2,2,4-9H3,(H,42,49)(H,43,46)(H,44,48)/b25-19+,41-26?/t21?,23-,27+,28-,35?/m1/s1. The molecule has 298 valence electrons. The minimum Gasteiger partial charge on any atom is -0.492 e. The van der Waals surface area contributed by atoms with Crippen molar-refractivity contribution < 1.29 is 54.6 Å². The smallest absolute Gasteiger partial charge is 0.432 e. The lowest BCUT2D eigenvalue weighted by molar-refractivity contribution is -0.143. The molecule has 18 heteroatoms. The molecule has 3 fully saturated rings. The second-order valence-electron chi connectivity index (χ2n) is 15.9. The van der Waals surface area contributed by atoms with Gasteiger partial charge in [0.2, 0.25) is 21.8 Å². The summed E-state index contributed by atoms with van der Waals surface area (Å²) in [6, 6.07) is -2.63. The maximum absolute atomic E-state index is 14.4. The molecule has 0 aromatic rings. The highest BCUT2D eigenvalue weighted by atomic mass is 32.2. The first-order chi connectivity index (χ1) is 24.7. The van der Waals surface area contributed by atoms with Crippen LogP contribution in [-0.4, -0.2) is 90.1 Å². The van der Waals surface area contributed by atoms with Crippen LogP contribution >= 0.6 is 0 Å². The van der Waals surface area contributed by atoms with E-state index in [1.807, 2.05) is 0 Å².